The topological polar surface area (TPSA) is 38.3 Å². The first kappa shape index (κ1) is 19.5. The molecule has 0 saturated heterocycles. The van der Waals surface area contributed by atoms with Crippen LogP contribution in [0.1, 0.15) is 36.5 Å². The van der Waals surface area contributed by atoms with Gasteiger partial charge in [-0.15, -0.1) is 0 Å². The molecule has 5 heteroatoms. The number of anilines is 1. The summed E-state index contributed by atoms with van der Waals surface area (Å²) < 4.78 is 5.68. The summed E-state index contributed by atoms with van der Waals surface area (Å²) in [6, 6.07) is 16.9. The van der Waals surface area contributed by atoms with Gasteiger partial charge in [0, 0.05) is 11.3 Å². The van der Waals surface area contributed by atoms with Gasteiger partial charge in [-0.25, -0.2) is 0 Å². The molecule has 0 bridgehead atoms. The lowest BCUT2D eigenvalue weighted by Gasteiger charge is -2.12. The van der Waals surface area contributed by atoms with Crippen molar-refractivity contribution in [2.45, 2.75) is 26.2 Å². The second-order valence-corrected chi connectivity index (χ2v) is 7.16. The molecule has 0 aliphatic carbocycles. The van der Waals surface area contributed by atoms with Crippen molar-refractivity contribution >= 4 is 45.6 Å². The first-order valence-corrected chi connectivity index (χ1v) is 9.76. The van der Waals surface area contributed by atoms with E-state index in [1.807, 2.05) is 42.5 Å². The molecular weight excluding hydrogens is 381 g/mol. The Balaban J connectivity index is 1.73. The second kappa shape index (κ2) is 9.12. The number of carbonyl (C=O) groups is 1. The number of benzene rings is 3. The standard InChI is InChI=1S/C22H21Cl2NO2/c1-2-3-6-11-27-21-19(23)13-17(14-20(21)24)22(26)25-18-10-9-15-7-4-5-8-16(15)12-18/h4-5,7-10,12-14H,2-3,6,11H2,1H3,(H,25,26). The molecule has 0 heterocycles. The third-order valence-corrected chi connectivity index (χ3v) is 4.82. The maximum atomic E-state index is 12.6. The number of ether oxygens (including phenoxy) is 1. The van der Waals surface area contributed by atoms with Gasteiger partial charge in [-0.05, 0) is 41.5 Å². The minimum absolute atomic E-state index is 0.272. The van der Waals surface area contributed by atoms with Crippen LogP contribution >= 0.6 is 23.2 Å². The molecule has 0 radical (unpaired) electrons. The Labute approximate surface area is 169 Å². The largest absolute Gasteiger partial charge is 0.490 e. The van der Waals surface area contributed by atoms with Gasteiger partial charge in [0.1, 0.15) is 0 Å². The Bertz CT molecular complexity index is 933. The smallest absolute Gasteiger partial charge is 0.255 e. The van der Waals surface area contributed by atoms with E-state index in [0.29, 0.717) is 33.7 Å². The maximum absolute atomic E-state index is 12.6. The van der Waals surface area contributed by atoms with Crippen LogP contribution in [0.4, 0.5) is 5.69 Å². The van der Waals surface area contributed by atoms with Crippen molar-refractivity contribution in [1.29, 1.82) is 0 Å². The quantitative estimate of drug-likeness (QED) is 0.434. The number of nitrogens with one attached hydrogen (secondary N) is 1. The molecule has 3 aromatic rings. The third kappa shape index (κ3) is 4.94. The fourth-order valence-corrected chi connectivity index (χ4v) is 3.42. The van der Waals surface area contributed by atoms with E-state index in [-0.39, 0.29) is 5.91 Å². The lowest BCUT2D eigenvalue weighted by atomic mass is 10.1. The first-order valence-electron chi connectivity index (χ1n) is 9.00. The molecule has 0 saturated carbocycles. The summed E-state index contributed by atoms with van der Waals surface area (Å²) in [5.74, 6) is 0.156. The van der Waals surface area contributed by atoms with Crippen molar-refractivity contribution in [1.82, 2.24) is 0 Å². The van der Waals surface area contributed by atoms with Gasteiger partial charge in [-0.3, -0.25) is 4.79 Å². The lowest BCUT2D eigenvalue weighted by Crippen LogP contribution is -2.12. The maximum Gasteiger partial charge on any atom is 0.255 e. The molecular formula is C22H21Cl2NO2. The van der Waals surface area contributed by atoms with E-state index in [4.69, 9.17) is 27.9 Å². The summed E-state index contributed by atoms with van der Waals surface area (Å²) in [7, 11) is 0. The number of halogens is 2. The molecule has 3 rings (SSSR count). The molecule has 0 fully saturated rings. The van der Waals surface area contributed by atoms with Gasteiger partial charge >= 0.3 is 0 Å². The van der Waals surface area contributed by atoms with E-state index in [1.165, 1.54) is 0 Å². The molecule has 3 aromatic carbocycles. The fraction of sp³-hybridized carbons (Fsp3) is 0.227. The predicted molar refractivity (Wildman–Crippen MR) is 113 cm³/mol. The Hall–Kier alpha value is -2.23. The zero-order valence-electron chi connectivity index (χ0n) is 15.1. The summed E-state index contributed by atoms with van der Waals surface area (Å²) in [6.45, 7) is 2.68. The highest BCUT2D eigenvalue weighted by Crippen LogP contribution is 2.34. The van der Waals surface area contributed by atoms with E-state index < -0.39 is 0 Å². The van der Waals surface area contributed by atoms with E-state index in [9.17, 15) is 4.79 Å². The molecule has 0 unspecified atom stereocenters. The normalized spacial score (nSPS) is 10.8. The highest BCUT2D eigenvalue weighted by Gasteiger charge is 2.14. The summed E-state index contributed by atoms with van der Waals surface area (Å²) in [5.41, 5.74) is 1.10. The number of hydrogen-bond donors (Lipinski definition) is 1. The van der Waals surface area contributed by atoms with Gasteiger partial charge in [0.25, 0.3) is 5.91 Å². The number of carbonyl (C=O) groups excluding carboxylic acids is 1. The number of fused-ring (bicyclic) bond motifs is 1. The van der Waals surface area contributed by atoms with Crippen molar-refractivity contribution in [3.63, 3.8) is 0 Å². The second-order valence-electron chi connectivity index (χ2n) is 6.34. The zero-order chi connectivity index (χ0) is 19.2. The molecule has 1 amide bonds. The average molecular weight is 402 g/mol. The molecule has 0 aromatic heterocycles. The number of unbranched alkanes of at least 4 members (excludes halogenated alkanes) is 2. The minimum atomic E-state index is -0.272. The lowest BCUT2D eigenvalue weighted by molar-refractivity contribution is 0.102. The van der Waals surface area contributed by atoms with Crippen LogP contribution in [0, 0.1) is 0 Å². The third-order valence-electron chi connectivity index (χ3n) is 4.26. The van der Waals surface area contributed by atoms with Crippen LogP contribution in [-0.2, 0) is 0 Å². The van der Waals surface area contributed by atoms with Gasteiger partial charge in [0.2, 0.25) is 0 Å². The predicted octanol–water partition coefficient (Wildman–Crippen LogP) is 6.97. The van der Waals surface area contributed by atoms with E-state index in [0.717, 1.165) is 30.0 Å². The Kier molecular flexibility index (Phi) is 6.59. The van der Waals surface area contributed by atoms with Crippen LogP contribution in [0.15, 0.2) is 54.6 Å². The minimum Gasteiger partial charge on any atom is -0.490 e. The Morgan fingerprint density at radius 2 is 1.67 bits per heavy atom. The number of amides is 1. The molecule has 1 N–H and O–H groups in total. The van der Waals surface area contributed by atoms with Crippen LogP contribution in [0.5, 0.6) is 5.75 Å². The van der Waals surface area contributed by atoms with Gasteiger partial charge in [-0.2, -0.15) is 0 Å². The van der Waals surface area contributed by atoms with Crippen molar-refractivity contribution < 1.29 is 9.53 Å². The summed E-state index contributed by atoms with van der Waals surface area (Å²) in [4.78, 5) is 12.6. The molecule has 0 atom stereocenters. The summed E-state index contributed by atoms with van der Waals surface area (Å²) in [6.07, 6.45) is 3.13. The van der Waals surface area contributed by atoms with Crippen LogP contribution < -0.4 is 10.1 Å². The Morgan fingerprint density at radius 1 is 0.963 bits per heavy atom. The number of rotatable bonds is 7. The van der Waals surface area contributed by atoms with Gasteiger partial charge < -0.3 is 10.1 Å². The zero-order valence-corrected chi connectivity index (χ0v) is 16.6. The van der Waals surface area contributed by atoms with Gasteiger partial charge in [-0.1, -0.05) is 73.3 Å². The van der Waals surface area contributed by atoms with Gasteiger partial charge in [0.05, 0.1) is 16.7 Å². The molecule has 0 aliphatic heterocycles. The number of hydrogen-bond acceptors (Lipinski definition) is 2. The highest BCUT2D eigenvalue weighted by molar-refractivity contribution is 6.37. The van der Waals surface area contributed by atoms with Gasteiger partial charge in [0.15, 0.2) is 5.75 Å². The molecule has 140 valence electrons. The molecule has 0 aliphatic rings. The molecule has 0 spiro atoms. The van der Waals surface area contributed by atoms with Crippen molar-refractivity contribution in [2.24, 2.45) is 0 Å². The van der Waals surface area contributed by atoms with E-state index in [2.05, 4.69) is 12.2 Å². The first-order chi connectivity index (χ1) is 13.1. The van der Waals surface area contributed by atoms with E-state index >= 15 is 0 Å². The van der Waals surface area contributed by atoms with Crippen LogP contribution in [0.2, 0.25) is 10.0 Å². The summed E-state index contributed by atoms with van der Waals surface area (Å²) in [5, 5.41) is 5.73. The molecule has 27 heavy (non-hydrogen) atoms. The van der Waals surface area contributed by atoms with Crippen LogP contribution in [-0.4, -0.2) is 12.5 Å². The van der Waals surface area contributed by atoms with Crippen molar-refractivity contribution in [3.05, 3.63) is 70.2 Å². The average Bonchev–Trinajstić information content (AvgIpc) is 2.66. The SMILES string of the molecule is CCCCCOc1c(Cl)cc(C(=O)Nc2ccc3ccccc3c2)cc1Cl. The van der Waals surface area contributed by atoms with Crippen LogP contribution in [0.3, 0.4) is 0 Å². The Morgan fingerprint density at radius 3 is 2.37 bits per heavy atom. The van der Waals surface area contributed by atoms with Crippen LogP contribution in [0.25, 0.3) is 10.8 Å². The van der Waals surface area contributed by atoms with E-state index in [1.54, 1.807) is 12.1 Å². The summed E-state index contributed by atoms with van der Waals surface area (Å²) >= 11 is 12.6. The monoisotopic (exact) mass is 401 g/mol. The highest BCUT2D eigenvalue weighted by atomic mass is 35.5. The fourth-order valence-electron chi connectivity index (χ4n) is 2.83. The molecule has 3 nitrogen and oxygen atoms in total. The van der Waals surface area contributed by atoms with Crippen molar-refractivity contribution in [2.75, 3.05) is 11.9 Å². The van der Waals surface area contributed by atoms with Crippen molar-refractivity contribution in [3.8, 4) is 5.75 Å².